The van der Waals surface area contributed by atoms with Gasteiger partial charge in [0, 0.05) is 25.4 Å². The standard InChI is InChI=1S/C20H24N6O2/c1-22-20-23-11-16-17(14-5-3-2-4-6-14)25-26(18(16)24-20)12-13-7-9-15(10-8-13)28-19(21)27/h2-6,11,13,15H,7-10,12H2,1H3,(H2,21,27)(H,22,23,24). The van der Waals surface area contributed by atoms with Crippen molar-refractivity contribution in [1.29, 1.82) is 0 Å². The number of hydrogen-bond acceptors (Lipinski definition) is 6. The number of nitrogens with one attached hydrogen (secondary N) is 1. The van der Waals surface area contributed by atoms with Crippen LogP contribution in [0.3, 0.4) is 0 Å². The van der Waals surface area contributed by atoms with Crippen LogP contribution < -0.4 is 11.1 Å². The van der Waals surface area contributed by atoms with E-state index in [-0.39, 0.29) is 6.10 Å². The largest absolute Gasteiger partial charge is 0.446 e. The van der Waals surface area contributed by atoms with Gasteiger partial charge >= 0.3 is 6.09 Å². The molecule has 1 fully saturated rings. The maximum Gasteiger partial charge on any atom is 0.404 e. The first-order valence-electron chi connectivity index (χ1n) is 9.57. The van der Waals surface area contributed by atoms with Crippen LogP contribution in [0, 0.1) is 5.92 Å². The maximum atomic E-state index is 11.0. The average Bonchev–Trinajstić information content (AvgIpc) is 3.07. The molecule has 0 atom stereocenters. The van der Waals surface area contributed by atoms with Crippen molar-refractivity contribution in [3.05, 3.63) is 36.5 Å². The number of amides is 1. The van der Waals surface area contributed by atoms with E-state index in [9.17, 15) is 4.79 Å². The molecule has 0 aliphatic heterocycles. The van der Waals surface area contributed by atoms with Gasteiger partial charge in [0.2, 0.25) is 5.95 Å². The number of nitrogens with zero attached hydrogens (tertiary/aromatic N) is 4. The summed E-state index contributed by atoms with van der Waals surface area (Å²) in [5, 5.41) is 8.82. The van der Waals surface area contributed by atoms with Gasteiger partial charge in [0.25, 0.3) is 0 Å². The molecule has 2 heterocycles. The number of carbonyl (C=O) groups excluding carboxylic acids is 1. The molecule has 4 rings (SSSR count). The quantitative estimate of drug-likeness (QED) is 0.704. The molecule has 1 aromatic carbocycles. The molecular formula is C20H24N6O2. The molecule has 1 saturated carbocycles. The molecule has 0 radical (unpaired) electrons. The first-order chi connectivity index (χ1) is 13.6. The zero-order chi connectivity index (χ0) is 19.5. The molecule has 146 valence electrons. The van der Waals surface area contributed by atoms with Crippen LogP contribution in [0.4, 0.5) is 10.7 Å². The van der Waals surface area contributed by atoms with Gasteiger partial charge in [-0.25, -0.2) is 14.5 Å². The highest BCUT2D eigenvalue weighted by Gasteiger charge is 2.25. The Morgan fingerprint density at radius 3 is 2.68 bits per heavy atom. The minimum absolute atomic E-state index is 0.0683. The molecule has 8 heteroatoms. The fourth-order valence-corrected chi connectivity index (χ4v) is 3.86. The van der Waals surface area contributed by atoms with Crippen molar-refractivity contribution in [1.82, 2.24) is 19.7 Å². The third kappa shape index (κ3) is 3.76. The smallest absolute Gasteiger partial charge is 0.404 e. The van der Waals surface area contributed by atoms with Crippen molar-refractivity contribution in [3.63, 3.8) is 0 Å². The molecule has 1 amide bonds. The Morgan fingerprint density at radius 2 is 2.00 bits per heavy atom. The second-order valence-electron chi connectivity index (χ2n) is 7.16. The zero-order valence-corrected chi connectivity index (χ0v) is 15.8. The minimum atomic E-state index is -0.690. The summed E-state index contributed by atoms with van der Waals surface area (Å²) in [7, 11) is 1.81. The number of rotatable bonds is 5. The monoisotopic (exact) mass is 380 g/mol. The van der Waals surface area contributed by atoms with Gasteiger partial charge in [-0.15, -0.1) is 0 Å². The lowest BCUT2D eigenvalue weighted by Gasteiger charge is -2.27. The number of ether oxygens (including phenoxy) is 1. The Morgan fingerprint density at radius 1 is 1.25 bits per heavy atom. The molecule has 28 heavy (non-hydrogen) atoms. The molecule has 0 unspecified atom stereocenters. The first-order valence-corrected chi connectivity index (χ1v) is 9.57. The van der Waals surface area contributed by atoms with Gasteiger partial charge in [0.1, 0.15) is 11.8 Å². The number of fused-ring (bicyclic) bond motifs is 1. The van der Waals surface area contributed by atoms with Gasteiger partial charge in [-0.2, -0.15) is 10.1 Å². The number of benzene rings is 1. The van der Waals surface area contributed by atoms with Crippen molar-refractivity contribution < 1.29 is 9.53 Å². The Kier molecular flexibility index (Phi) is 5.10. The summed E-state index contributed by atoms with van der Waals surface area (Å²) in [6.07, 6.45) is 4.65. The average molecular weight is 380 g/mol. The van der Waals surface area contributed by atoms with Crippen LogP contribution in [0.2, 0.25) is 0 Å². The highest BCUT2D eigenvalue weighted by Crippen LogP contribution is 2.31. The predicted octanol–water partition coefficient (Wildman–Crippen LogP) is 3.19. The predicted molar refractivity (Wildman–Crippen MR) is 107 cm³/mol. The Labute approximate surface area is 163 Å². The number of nitrogens with two attached hydrogens (primary N) is 1. The molecule has 3 N–H and O–H groups in total. The van der Waals surface area contributed by atoms with Gasteiger partial charge in [-0.1, -0.05) is 30.3 Å². The summed E-state index contributed by atoms with van der Waals surface area (Å²) in [5.74, 6) is 1.03. The lowest BCUT2D eigenvalue weighted by molar-refractivity contribution is 0.0683. The second kappa shape index (κ2) is 7.84. The van der Waals surface area contributed by atoms with Crippen LogP contribution in [0.1, 0.15) is 25.7 Å². The van der Waals surface area contributed by atoms with E-state index in [4.69, 9.17) is 15.6 Å². The van der Waals surface area contributed by atoms with Gasteiger partial charge in [0.15, 0.2) is 5.65 Å². The molecule has 0 bridgehead atoms. The summed E-state index contributed by atoms with van der Waals surface area (Å²) >= 11 is 0. The molecular weight excluding hydrogens is 356 g/mol. The highest BCUT2D eigenvalue weighted by atomic mass is 16.6. The van der Waals surface area contributed by atoms with Crippen molar-refractivity contribution >= 4 is 23.1 Å². The molecule has 3 aromatic rings. The van der Waals surface area contributed by atoms with Crippen LogP contribution in [0.25, 0.3) is 22.3 Å². The number of primary amides is 1. The number of aromatic nitrogens is 4. The third-order valence-corrected chi connectivity index (χ3v) is 5.27. The number of hydrogen-bond donors (Lipinski definition) is 2. The first kappa shape index (κ1) is 18.2. The van der Waals surface area contributed by atoms with Gasteiger partial charge in [0.05, 0.1) is 5.39 Å². The van der Waals surface area contributed by atoms with E-state index in [0.29, 0.717) is 11.9 Å². The number of carbonyl (C=O) groups is 1. The van der Waals surface area contributed by atoms with Crippen molar-refractivity contribution in [2.75, 3.05) is 12.4 Å². The van der Waals surface area contributed by atoms with Crippen LogP contribution in [0.15, 0.2) is 36.5 Å². The number of anilines is 1. The van der Waals surface area contributed by atoms with Crippen LogP contribution in [0.5, 0.6) is 0 Å². The summed E-state index contributed by atoms with van der Waals surface area (Å²) in [6, 6.07) is 10.1. The normalized spacial score (nSPS) is 19.5. The summed E-state index contributed by atoms with van der Waals surface area (Å²) in [6.45, 7) is 0.771. The molecule has 0 saturated heterocycles. The summed E-state index contributed by atoms with van der Waals surface area (Å²) in [5.41, 5.74) is 7.90. The fourth-order valence-electron chi connectivity index (χ4n) is 3.86. The van der Waals surface area contributed by atoms with Crippen molar-refractivity contribution in [2.24, 2.45) is 11.7 Å². The summed E-state index contributed by atoms with van der Waals surface area (Å²) in [4.78, 5) is 20.0. The Bertz CT molecular complexity index is 963. The van der Waals surface area contributed by atoms with E-state index in [1.54, 1.807) is 7.05 Å². The highest BCUT2D eigenvalue weighted by molar-refractivity contribution is 5.91. The Balaban J connectivity index is 1.61. The van der Waals surface area contributed by atoms with E-state index < -0.39 is 6.09 Å². The van der Waals surface area contributed by atoms with Crippen LogP contribution in [-0.2, 0) is 11.3 Å². The molecule has 0 spiro atoms. The van der Waals surface area contributed by atoms with Gasteiger partial charge in [-0.05, 0) is 31.6 Å². The van der Waals surface area contributed by atoms with E-state index in [0.717, 1.165) is 54.5 Å². The van der Waals surface area contributed by atoms with E-state index in [1.165, 1.54) is 0 Å². The molecule has 8 nitrogen and oxygen atoms in total. The fraction of sp³-hybridized carbons (Fsp3) is 0.400. The van der Waals surface area contributed by atoms with E-state index >= 15 is 0 Å². The minimum Gasteiger partial charge on any atom is -0.446 e. The third-order valence-electron chi connectivity index (χ3n) is 5.27. The molecule has 1 aliphatic carbocycles. The lowest BCUT2D eigenvalue weighted by atomic mass is 9.87. The van der Waals surface area contributed by atoms with Crippen LogP contribution >= 0.6 is 0 Å². The lowest BCUT2D eigenvalue weighted by Crippen LogP contribution is -2.28. The molecule has 2 aromatic heterocycles. The maximum absolute atomic E-state index is 11.0. The van der Waals surface area contributed by atoms with Crippen molar-refractivity contribution in [3.8, 4) is 11.3 Å². The Hall–Kier alpha value is -3.16. The SMILES string of the molecule is CNc1ncc2c(-c3ccccc3)nn(CC3CCC(OC(N)=O)CC3)c2n1. The van der Waals surface area contributed by atoms with Crippen molar-refractivity contribution in [2.45, 2.75) is 38.3 Å². The van der Waals surface area contributed by atoms with Gasteiger partial charge < -0.3 is 15.8 Å². The van der Waals surface area contributed by atoms with Gasteiger partial charge in [-0.3, -0.25) is 0 Å². The van der Waals surface area contributed by atoms with Crippen LogP contribution in [-0.4, -0.2) is 39.0 Å². The molecule has 1 aliphatic rings. The zero-order valence-electron chi connectivity index (χ0n) is 15.8. The summed E-state index contributed by atoms with van der Waals surface area (Å²) < 4.78 is 7.13. The second-order valence-corrected chi connectivity index (χ2v) is 7.16. The van der Waals surface area contributed by atoms with E-state index in [1.807, 2.05) is 41.2 Å². The van der Waals surface area contributed by atoms with E-state index in [2.05, 4.69) is 15.3 Å². The topological polar surface area (TPSA) is 108 Å².